The number of hydrogen-bond donors (Lipinski definition) is 0. The van der Waals surface area contributed by atoms with Crippen molar-refractivity contribution < 1.29 is 9.53 Å². The molecule has 0 aromatic heterocycles. The third-order valence-electron chi connectivity index (χ3n) is 3.51. The quantitative estimate of drug-likeness (QED) is 0.611. The van der Waals surface area contributed by atoms with E-state index in [1.165, 1.54) is 22.3 Å². The van der Waals surface area contributed by atoms with Gasteiger partial charge in [0.15, 0.2) is 0 Å². The van der Waals surface area contributed by atoms with Crippen LogP contribution in [-0.2, 0) is 11.2 Å². The van der Waals surface area contributed by atoms with E-state index in [-0.39, 0.29) is 5.78 Å². The van der Waals surface area contributed by atoms with Gasteiger partial charge < -0.3 is 4.74 Å². The van der Waals surface area contributed by atoms with E-state index in [0.717, 1.165) is 18.6 Å². The molecule has 0 saturated heterocycles. The first-order valence-corrected chi connectivity index (χ1v) is 6.47. The van der Waals surface area contributed by atoms with Gasteiger partial charge in [-0.1, -0.05) is 23.6 Å². The number of allylic oxidation sites excluding steroid dienone is 1. The number of methoxy groups -OCH3 is 1. The zero-order valence-electron chi connectivity index (χ0n) is 11.7. The van der Waals surface area contributed by atoms with Crippen molar-refractivity contribution in [3.63, 3.8) is 0 Å². The summed E-state index contributed by atoms with van der Waals surface area (Å²) in [6.45, 7) is 3.78. The first-order valence-electron chi connectivity index (χ1n) is 6.47. The molecule has 0 heterocycles. The maximum absolute atomic E-state index is 11.6. The monoisotopic (exact) mass is 254 g/mol. The van der Waals surface area contributed by atoms with Crippen LogP contribution in [0.1, 0.15) is 36.5 Å². The molecule has 2 heteroatoms. The third-order valence-corrected chi connectivity index (χ3v) is 3.51. The molecule has 2 nitrogen and oxygen atoms in total. The zero-order chi connectivity index (χ0) is 13.8. The van der Waals surface area contributed by atoms with E-state index in [2.05, 4.69) is 30.9 Å². The summed E-state index contributed by atoms with van der Waals surface area (Å²) in [4.78, 5) is 11.6. The number of fused-ring (bicyclic) bond motifs is 1. The topological polar surface area (TPSA) is 26.3 Å². The zero-order valence-corrected chi connectivity index (χ0v) is 11.7. The van der Waals surface area contributed by atoms with E-state index in [1.54, 1.807) is 14.0 Å². The van der Waals surface area contributed by atoms with Gasteiger partial charge in [-0.05, 0) is 55.4 Å². The smallest absolute Gasteiger partial charge is 0.209 e. The average molecular weight is 254 g/mol. The molecular formula is C17H18O2. The summed E-state index contributed by atoms with van der Waals surface area (Å²) in [5, 5.41) is 0. The molecule has 2 rings (SSSR count). The normalized spacial score (nSPS) is 12.9. The van der Waals surface area contributed by atoms with Crippen molar-refractivity contribution in [3.8, 4) is 17.6 Å². The fourth-order valence-electron chi connectivity index (χ4n) is 2.55. The molecule has 0 aliphatic heterocycles. The second-order valence-electron chi connectivity index (χ2n) is 4.74. The molecule has 0 bridgehead atoms. The highest BCUT2D eigenvalue weighted by Gasteiger charge is 2.16. The Kier molecular flexibility index (Phi) is 4.06. The van der Waals surface area contributed by atoms with E-state index >= 15 is 0 Å². The Morgan fingerprint density at radius 1 is 1.37 bits per heavy atom. The highest BCUT2D eigenvalue weighted by Crippen LogP contribution is 2.32. The molecule has 0 radical (unpaired) electrons. The molecule has 0 fully saturated rings. The Bertz CT molecular complexity index is 598. The van der Waals surface area contributed by atoms with Gasteiger partial charge in [-0.25, -0.2) is 0 Å². The van der Waals surface area contributed by atoms with Crippen LogP contribution in [0.5, 0.6) is 5.75 Å². The van der Waals surface area contributed by atoms with Crippen molar-refractivity contribution in [2.24, 2.45) is 0 Å². The van der Waals surface area contributed by atoms with Crippen LogP contribution in [0.2, 0.25) is 0 Å². The molecule has 0 unspecified atom stereocenters. The second kappa shape index (κ2) is 5.75. The van der Waals surface area contributed by atoms with Gasteiger partial charge in [0.05, 0.1) is 7.11 Å². The largest absolute Gasteiger partial charge is 0.496 e. The van der Waals surface area contributed by atoms with Crippen molar-refractivity contribution in [2.45, 2.75) is 33.1 Å². The second-order valence-corrected chi connectivity index (χ2v) is 4.74. The maximum Gasteiger partial charge on any atom is 0.209 e. The molecule has 0 amide bonds. The molecule has 1 aliphatic carbocycles. The van der Waals surface area contributed by atoms with Gasteiger partial charge in [0.2, 0.25) is 5.78 Å². The van der Waals surface area contributed by atoms with Crippen LogP contribution in [0, 0.1) is 18.8 Å². The SMILES string of the molecule is CC#CC(=O)CC1=Cc2ccc(OC)c(C)c2CC1. The Morgan fingerprint density at radius 3 is 2.84 bits per heavy atom. The van der Waals surface area contributed by atoms with Crippen molar-refractivity contribution >= 4 is 11.9 Å². The fraction of sp³-hybridized carbons (Fsp3) is 0.353. The Balaban J connectivity index is 2.28. The number of ether oxygens (including phenoxy) is 1. The Labute approximate surface area is 114 Å². The lowest BCUT2D eigenvalue weighted by Crippen LogP contribution is -2.06. The van der Waals surface area contributed by atoms with Crippen LogP contribution in [0.15, 0.2) is 17.7 Å². The average Bonchev–Trinajstić information content (AvgIpc) is 2.39. The van der Waals surface area contributed by atoms with Crippen molar-refractivity contribution in [1.82, 2.24) is 0 Å². The summed E-state index contributed by atoms with van der Waals surface area (Å²) in [6.07, 6.45) is 4.47. The molecule has 98 valence electrons. The highest BCUT2D eigenvalue weighted by atomic mass is 16.5. The standard InChI is InChI=1S/C17H18O2/c1-4-5-15(18)11-13-6-8-16-12(2)17(19-3)9-7-14(16)10-13/h7,9-10H,6,8,11H2,1-3H3. The lowest BCUT2D eigenvalue weighted by molar-refractivity contribution is -0.113. The predicted octanol–water partition coefficient (Wildman–Crippen LogP) is 3.32. The van der Waals surface area contributed by atoms with Crippen molar-refractivity contribution in [2.75, 3.05) is 7.11 Å². The molecule has 0 N–H and O–H groups in total. The van der Waals surface area contributed by atoms with Crippen LogP contribution in [-0.4, -0.2) is 12.9 Å². The Hall–Kier alpha value is -2.01. The number of ketones is 1. The summed E-state index contributed by atoms with van der Waals surface area (Å²) < 4.78 is 5.34. The first kappa shape index (κ1) is 13.4. The predicted molar refractivity (Wildman–Crippen MR) is 77.1 cm³/mol. The number of carbonyl (C=O) groups is 1. The first-order chi connectivity index (χ1) is 9.15. The van der Waals surface area contributed by atoms with E-state index in [4.69, 9.17) is 4.74 Å². The number of hydrogen-bond acceptors (Lipinski definition) is 2. The van der Waals surface area contributed by atoms with Crippen molar-refractivity contribution in [1.29, 1.82) is 0 Å². The van der Waals surface area contributed by atoms with Gasteiger partial charge >= 0.3 is 0 Å². The summed E-state index contributed by atoms with van der Waals surface area (Å²) in [5.41, 5.74) is 4.91. The minimum atomic E-state index is 0.00225. The molecule has 1 aromatic carbocycles. The lowest BCUT2D eigenvalue weighted by Gasteiger charge is -2.19. The summed E-state index contributed by atoms with van der Waals surface area (Å²) in [6, 6.07) is 4.05. The molecule has 0 spiro atoms. The summed E-state index contributed by atoms with van der Waals surface area (Å²) in [5.74, 6) is 6.19. The van der Waals surface area contributed by atoms with Crippen LogP contribution in [0.3, 0.4) is 0 Å². The minimum absolute atomic E-state index is 0.00225. The van der Waals surface area contributed by atoms with Gasteiger partial charge in [-0.2, -0.15) is 0 Å². The van der Waals surface area contributed by atoms with Crippen molar-refractivity contribution in [3.05, 3.63) is 34.4 Å². The fourth-order valence-corrected chi connectivity index (χ4v) is 2.55. The summed E-state index contributed by atoms with van der Waals surface area (Å²) in [7, 11) is 1.70. The van der Waals surface area contributed by atoms with Gasteiger partial charge in [-0.15, -0.1) is 0 Å². The highest BCUT2D eigenvalue weighted by molar-refractivity contribution is 5.97. The minimum Gasteiger partial charge on any atom is -0.496 e. The van der Waals surface area contributed by atoms with Gasteiger partial charge in [0, 0.05) is 6.42 Å². The Morgan fingerprint density at radius 2 is 2.16 bits per heavy atom. The van der Waals surface area contributed by atoms with E-state index in [0.29, 0.717) is 6.42 Å². The number of Topliss-reactive ketones (excluding diaryl/α,β-unsaturated/α-hetero) is 1. The number of carbonyl (C=O) groups excluding carboxylic acids is 1. The number of rotatable bonds is 3. The number of benzene rings is 1. The van der Waals surface area contributed by atoms with Gasteiger partial charge in [0.25, 0.3) is 0 Å². The molecule has 19 heavy (non-hydrogen) atoms. The molecule has 0 atom stereocenters. The van der Waals surface area contributed by atoms with Gasteiger partial charge in [-0.3, -0.25) is 4.79 Å². The molecular weight excluding hydrogens is 236 g/mol. The van der Waals surface area contributed by atoms with Crippen LogP contribution < -0.4 is 4.74 Å². The molecule has 0 saturated carbocycles. The lowest BCUT2D eigenvalue weighted by atomic mass is 9.87. The van der Waals surface area contributed by atoms with E-state index < -0.39 is 0 Å². The van der Waals surface area contributed by atoms with Crippen LogP contribution in [0.25, 0.3) is 6.08 Å². The van der Waals surface area contributed by atoms with E-state index in [9.17, 15) is 4.79 Å². The van der Waals surface area contributed by atoms with Crippen LogP contribution >= 0.6 is 0 Å². The van der Waals surface area contributed by atoms with Crippen LogP contribution in [0.4, 0.5) is 0 Å². The molecule has 1 aliphatic rings. The molecule has 1 aromatic rings. The summed E-state index contributed by atoms with van der Waals surface area (Å²) >= 11 is 0. The van der Waals surface area contributed by atoms with E-state index in [1.807, 2.05) is 6.07 Å². The van der Waals surface area contributed by atoms with Gasteiger partial charge in [0.1, 0.15) is 5.75 Å². The maximum atomic E-state index is 11.6. The third kappa shape index (κ3) is 2.88.